The molecule has 0 radical (unpaired) electrons. The summed E-state index contributed by atoms with van der Waals surface area (Å²) in [7, 11) is 0. The van der Waals surface area contributed by atoms with E-state index in [0.717, 1.165) is 28.7 Å². The first-order chi connectivity index (χ1) is 13.7. The Balaban J connectivity index is 1.56. The van der Waals surface area contributed by atoms with E-state index < -0.39 is 0 Å². The second-order valence-corrected chi connectivity index (χ2v) is 7.10. The third-order valence-electron chi connectivity index (χ3n) is 4.02. The number of nitrogens with one attached hydrogen (secondary N) is 1. The van der Waals surface area contributed by atoms with Crippen LogP contribution in [0.1, 0.15) is 18.1 Å². The summed E-state index contributed by atoms with van der Waals surface area (Å²) in [5, 5.41) is 12.1. The summed E-state index contributed by atoms with van der Waals surface area (Å²) in [5.74, 6) is 7.00. The zero-order chi connectivity index (χ0) is 19.8. The Kier molecular flexibility index (Phi) is 6.88. The lowest BCUT2D eigenvalue weighted by atomic mass is 10.1. The Hall–Kier alpha value is -3.04. The molecule has 0 aliphatic carbocycles. The van der Waals surface area contributed by atoms with Gasteiger partial charge in [0.15, 0.2) is 11.0 Å². The summed E-state index contributed by atoms with van der Waals surface area (Å²) in [6.45, 7) is 5.16. The van der Waals surface area contributed by atoms with Crippen molar-refractivity contribution in [1.82, 2.24) is 20.1 Å². The molecule has 3 aromatic rings. The second-order valence-electron chi connectivity index (χ2n) is 6.15. The van der Waals surface area contributed by atoms with Crippen molar-refractivity contribution in [3.63, 3.8) is 0 Å². The molecule has 0 atom stereocenters. The van der Waals surface area contributed by atoms with Gasteiger partial charge in [-0.3, -0.25) is 4.79 Å². The van der Waals surface area contributed by atoms with Crippen molar-refractivity contribution in [2.24, 2.45) is 0 Å². The van der Waals surface area contributed by atoms with E-state index in [9.17, 15) is 4.79 Å². The molecule has 1 amide bonds. The average molecular weight is 391 g/mol. The Morgan fingerprint density at radius 2 is 1.96 bits per heavy atom. The Bertz CT molecular complexity index is 1000. The molecule has 1 aromatic heterocycles. The first kappa shape index (κ1) is 19.7. The van der Waals surface area contributed by atoms with Gasteiger partial charge in [0, 0.05) is 17.7 Å². The van der Waals surface area contributed by atoms with Crippen molar-refractivity contribution >= 4 is 17.7 Å². The van der Waals surface area contributed by atoms with Crippen LogP contribution >= 0.6 is 11.8 Å². The van der Waals surface area contributed by atoms with Crippen LogP contribution in [0.25, 0.3) is 11.4 Å². The third-order valence-corrected chi connectivity index (χ3v) is 4.99. The lowest BCUT2D eigenvalue weighted by Gasteiger charge is -2.07. The number of aromatic nitrogens is 3. The van der Waals surface area contributed by atoms with Gasteiger partial charge in [-0.2, -0.15) is 0 Å². The number of nitrogens with zero attached hydrogens (tertiary/aromatic N) is 3. The number of hydrogen-bond donors (Lipinski definition) is 1. The minimum Gasteiger partial charge on any atom is -0.344 e. The molecule has 28 heavy (non-hydrogen) atoms. The van der Waals surface area contributed by atoms with Gasteiger partial charge in [-0.15, -0.1) is 10.2 Å². The summed E-state index contributed by atoms with van der Waals surface area (Å²) in [6.07, 6.45) is 0. The highest BCUT2D eigenvalue weighted by Crippen LogP contribution is 2.24. The summed E-state index contributed by atoms with van der Waals surface area (Å²) >= 11 is 1.38. The monoisotopic (exact) mass is 390 g/mol. The molecule has 0 unspecified atom stereocenters. The number of aryl methyl sites for hydroxylation is 1. The molecule has 0 aliphatic heterocycles. The largest absolute Gasteiger partial charge is 0.344 e. The number of benzene rings is 2. The van der Waals surface area contributed by atoms with Gasteiger partial charge in [0.2, 0.25) is 5.91 Å². The van der Waals surface area contributed by atoms with Crippen LogP contribution < -0.4 is 5.32 Å². The molecule has 1 heterocycles. The van der Waals surface area contributed by atoms with E-state index in [1.807, 2.05) is 54.0 Å². The van der Waals surface area contributed by atoms with Crippen molar-refractivity contribution in [3.8, 4) is 23.2 Å². The summed E-state index contributed by atoms with van der Waals surface area (Å²) in [5.41, 5.74) is 3.14. The SMILES string of the molecule is CCn1c(SCC(=O)NCC#Cc2ccccc2)nnc1-c1cccc(C)c1. The van der Waals surface area contributed by atoms with Crippen molar-refractivity contribution in [1.29, 1.82) is 0 Å². The predicted octanol–water partition coefficient (Wildman–Crippen LogP) is 3.53. The molecular weight excluding hydrogens is 368 g/mol. The number of hydrogen-bond acceptors (Lipinski definition) is 4. The van der Waals surface area contributed by atoms with E-state index in [4.69, 9.17) is 0 Å². The van der Waals surface area contributed by atoms with Crippen LogP contribution in [-0.4, -0.2) is 33.0 Å². The number of thioether (sulfide) groups is 1. The fourth-order valence-corrected chi connectivity index (χ4v) is 3.50. The molecule has 0 spiro atoms. The molecule has 0 saturated carbocycles. The number of carbonyl (C=O) groups is 1. The van der Waals surface area contributed by atoms with Gasteiger partial charge in [0.25, 0.3) is 0 Å². The normalized spacial score (nSPS) is 10.2. The van der Waals surface area contributed by atoms with Gasteiger partial charge in [-0.25, -0.2) is 0 Å². The molecule has 2 aromatic carbocycles. The van der Waals surface area contributed by atoms with Crippen LogP contribution in [0.5, 0.6) is 0 Å². The summed E-state index contributed by atoms with van der Waals surface area (Å²) in [4.78, 5) is 12.1. The summed E-state index contributed by atoms with van der Waals surface area (Å²) in [6, 6.07) is 17.9. The summed E-state index contributed by atoms with van der Waals surface area (Å²) < 4.78 is 2.03. The van der Waals surface area contributed by atoms with Crippen LogP contribution in [0.15, 0.2) is 59.8 Å². The predicted molar refractivity (Wildman–Crippen MR) is 113 cm³/mol. The first-order valence-electron chi connectivity index (χ1n) is 9.11. The molecule has 142 valence electrons. The highest BCUT2D eigenvalue weighted by atomic mass is 32.2. The van der Waals surface area contributed by atoms with E-state index in [1.165, 1.54) is 17.3 Å². The maximum absolute atomic E-state index is 12.1. The van der Waals surface area contributed by atoms with Crippen LogP contribution in [-0.2, 0) is 11.3 Å². The lowest BCUT2D eigenvalue weighted by molar-refractivity contribution is -0.118. The molecule has 1 N–H and O–H groups in total. The topological polar surface area (TPSA) is 59.8 Å². The molecule has 0 fully saturated rings. The molecule has 0 aliphatic rings. The van der Waals surface area contributed by atoms with Gasteiger partial charge < -0.3 is 9.88 Å². The van der Waals surface area contributed by atoms with Gasteiger partial charge in [0.05, 0.1) is 12.3 Å². The van der Waals surface area contributed by atoms with E-state index in [0.29, 0.717) is 6.54 Å². The van der Waals surface area contributed by atoms with Crippen LogP contribution in [0.4, 0.5) is 0 Å². The fraction of sp³-hybridized carbons (Fsp3) is 0.227. The Morgan fingerprint density at radius 3 is 2.71 bits per heavy atom. The smallest absolute Gasteiger partial charge is 0.231 e. The standard InChI is InChI=1S/C22H22N4OS/c1-3-26-21(19-13-7-9-17(2)15-19)24-25-22(26)28-16-20(27)23-14-8-12-18-10-5-4-6-11-18/h4-7,9-11,13,15H,3,14,16H2,1-2H3,(H,23,27). The molecule has 3 rings (SSSR count). The van der Waals surface area contributed by atoms with Gasteiger partial charge in [-0.05, 0) is 32.0 Å². The molecule has 0 saturated heterocycles. The van der Waals surface area contributed by atoms with Crippen molar-refractivity contribution < 1.29 is 4.79 Å². The molecular formula is C22H22N4OS. The zero-order valence-electron chi connectivity index (χ0n) is 16.0. The van der Waals surface area contributed by atoms with Gasteiger partial charge in [-0.1, -0.05) is 65.6 Å². The maximum Gasteiger partial charge on any atom is 0.231 e. The first-order valence-corrected chi connectivity index (χ1v) is 10.1. The van der Waals surface area contributed by atoms with Crippen LogP contribution in [0.3, 0.4) is 0 Å². The minimum atomic E-state index is -0.0740. The Labute approximate surface area is 169 Å². The highest BCUT2D eigenvalue weighted by molar-refractivity contribution is 7.99. The Morgan fingerprint density at radius 1 is 1.14 bits per heavy atom. The van der Waals surface area contributed by atoms with Crippen LogP contribution in [0.2, 0.25) is 0 Å². The number of amides is 1. The highest BCUT2D eigenvalue weighted by Gasteiger charge is 2.14. The number of carbonyl (C=O) groups excluding carboxylic acids is 1. The van der Waals surface area contributed by atoms with Crippen molar-refractivity contribution in [2.45, 2.75) is 25.5 Å². The zero-order valence-corrected chi connectivity index (χ0v) is 16.8. The van der Waals surface area contributed by atoms with E-state index >= 15 is 0 Å². The second kappa shape index (κ2) is 9.77. The molecule has 6 heteroatoms. The minimum absolute atomic E-state index is 0.0740. The maximum atomic E-state index is 12.1. The fourth-order valence-electron chi connectivity index (χ4n) is 2.67. The van der Waals surface area contributed by atoms with Crippen molar-refractivity contribution in [2.75, 3.05) is 12.3 Å². The van der Waals surface area contributed by atoms with Crippen molar-refractivity contribution in [3.05, 3.63) is 65.7 Å². The lowest BCUT2D eigenvalue weighted by Crippen LogP contribution is -2.25. The van der Waals surface area contributed by atoms with Crippen LogP contribution in [0, 0.1) is 18.8 Å². The van der Waals surface area contributed by atoms with E-state index in [-0.39, 0.29) is 11.7 Å². The van der Waals surface area contributed by atoms with E-state index in [2.05, 4.69) is 46.4 Å². The third kappa shape index (κ3) is 5.24. The molecule has 0 bridgehead atoms. The molecule has 5 nitrogen and oxygen atoms in total. The van der Waals surface area contributed by atoms with E-state index in [1.54, 1.807) is 0 Å². The average Bonchev–Trinajstić information content (AvgIpc) is 3.13. The van der Waals surface area contributed by atoms with Gasteiger partial charge in [0.1, 0.15) is 0 Å². The number of rotatable bonds is 6. The van der Waals surface area contributed by atoms with Gasteiger partial charge >= 0.3 is 0 Å². The quantitative estimate of drug-likeness (QED) is 0.517.